The number of likely N-dealkylation sites (tertiary alicyclic amines) is 2. The van der Waals surface area contributed by atoms with Crippen molar-refractivity contribution in [3.63, 3.8) is 0 Å². The van der Waals surface area contributed by atoms with Crippen molar-refractivity contribution >= 4 is 58.4 Å². The van der Waals surface area contributed by atoms with Gasteiger partial charge in [0.1, 0.15) is 27.9 Å². The number of amides is 3. The number of allylic oxidation sites excluding steroid dienone is 1. The predicted octanol–water partition coefficient (Wildman–Crippen LogP) is 7.93. The van der Waals surface area contributed by atoms with Gasteiger partial charge in [0.05, 0.1) is 38.6 Å². The maximum absolute atomic E-state index is 14.3. The molecule has 4 aliphatic heterocycles. The first-order valence-electron chi connectivity index (χ1n) is 22.2. The summed E-state index contributed by atoms with van der Waals surface area (Å²) in [5, 5.41) is 3.72. The average molecular weight is 884 g/mol. The summed E-state index contributed by atoms with van der Waals surface area (Å²) in [6.45, 7) is 1.12. The van der Waals surface area contributed by atoms with Gasteiger partial charge in [-0.2, -0.15) is 0 Å². The Balaban J connectivity index is 0.804. The Morgan fingerprint density at radius 2 is 1.40 bits per heavy atom. The number of aromatic amines is 1. The average Bonchev–Trinajstić information content (AvgIpc) is 3.99. The van der Waals surface area contributed by atoms with E-state index in [1.54, 1.807) is 0 Å². The number of ether oxygens (including phenoxy) is 3. The van der Waals surface area contributed by atoms with Crippen molar-refractivity contribution in [3.8, 4) is 22.4 Å². The summed E-state index contributed by atoms with van der Waals surface area (Å²) >= 11 is 13.7. The van der Waals surface area contributed by atoms with Crippen LogP contribution in [0.15, 0.2) is 58.7 Å². The molecule has 15 heteroatoms. The minimum absolute atomic E-state index is 0.0320. The van der Waals surface area contributed by atoms with Crippen molar-refractivity contribution in [3.05, 3.63) is 70.2 Å². The summed E-state index contributed by atoms with van der Waals surface area (Å²) in [4.78, 5) is 70.2. The van der Waals surface area contributed by atoms with Crippen LogP contribution < -0.4 is 5.32 Å². The quantitative estimate of drug-likeness (QED) is 0.137. The third-order valence-corrected chi connectivity index (χ3v) is 15.4. The Hall–Kier alpha value is -4.72. The molecule has 62 heavy (non-hydrogen) atoms. The molecule has 3 amide bonds. The van der Waals surface area contributed by atoms with E-state index < -0.39 is 12.1 Å². The molecular formula is C47H52Cl2N6O7. The molecule has 2 aromatic carbocycles. The van der Waals surface area contributed by atoms with Crippen molar-refractivity contribution in [1.29, 1.82) is 0 Å². The van der Waals surface area contributed by atoms with Gasteiger partial charge in [-0.05, 0) is 91.7 Å². The molecule has 6 fully saturated rings. The Kier molecular flexibility index (Phi) is 11.2. The lowest BCUT2D eigenvalue weighted by molar-refractivity contribution is -0.150. The summed E-state index contributed by atoms with van der Waals surface area (Å²) in [7, 11) is 2.69. The first kappa shape index (κ1) is 41.3. The topological polar surface area (TPSA) is 156 Å². The van der Waals surface area contributed by atoms with Crippen molar-refractivity contribution in [1.82, 2.24) is 25.1 Å². The largest absolute Gasteiger partial charge is 0.469 e. The van der Waals surface area contributed by atoms with E-state index in [-0.39, 0.29) is 66.1 Å². The fraction of sp³-hybridized carbons (Fsp3) is 0.532. The van der Waals surface area contributed by atoms with Gasteiger partial charge in [-0.15, -0.1) is 0 Å². The van der Waals surface area contributed by atoms with E-state index in [1.165, 1.54) is 14.2 Å². The number of imidazole rings is 1. The number of carbonyl (C=O) groups is 4. The maximum Gasteiger partial charge on any atom is 0.407 e. The van der Waals surface area contributed by atoms with Crippen molar-refractivity contribution in [2.45, 2.75) is 101 Å². The lowest BCUT2D eigenvalue weighted by Crippen LogP contribution is -2.56. The molecule has 326 valence electrons. The standard InChI is InChI=1S/C47H52Cl2N6O7/c1-60-39(56)23-33(26-4-3-5-26)45(57)55-36-19-31(36)21-38(55)44-51-40(43(49)53-44)28-12-8-25(9-13-28)24-6-10-27(11-7-24)32-22-34(50-42(32)48)37-20-30-18-35(30)54(37)46(58)41(52-47(59)61-2)29-14-16-62-17-15-29/h6-13,26,29-31,33,35-38,41H,3-5,14-23H2,1-2H3,(H,51,53)(H,52,59)/t30-,31-,33+,35-,36-,37+,38+,41+/m1/s1. The number of rotatable bonds is 12. The molecule has 10 rings (SSSR count). The summed E-state index contributed by atoms with van der Waals surface area (Å²) in [5.41, 5.74) is 6.34. The smallest absolute Gasteiger partial charge is 0.407 e. The molecule has 13 nitrogen and oxygen atoms in total. The fourth-order valence-corrected chi connectivity index (χ4v) is 11.5. The Bertz CT molecular complexity index is 2320. The van der Waals surface area contributed by atoms with Gasteiger partial charge < -0.3 is 34.3 Å². The van der Waals surface area contributed by atoms with Crippen LogP contribution in [0.25, 0.3) is 28.0 Å². The fourth-order valence-electron chi connectivity index (χ4n) is 10.9. The molecule has 0 radical (unpaired) electrons. The number of nitrogens with zero attached hydrogens (tertiary/aromatic N) is 4. The first-order valence-corrected chi connectivity index (χ1v) is 22.9. The minimum Gasteiger partial charge on any atom is -0.469 e. The van der Waals surface area contributed by atoms with E-state index in [0.717, 1.165) is 78.5 Å². The van der Waals surface area contributed by atoms with E-state index in [1.807, 2.05) is 34.1 Å². The molecule has 0 unspecified atom stereocenters. The van der Waals surface area contributed by atoms with Crippen LogP contribution in [0.2, 0.25) is 5.15 Å². The molecule has 3 aliphatic carbocycles. The normalized spacial score (nSPS) is 27.5. The Labute approximate surface area is 370 Å². The van der Waals surface area contributed by atoms with Crippen LogP contribution in [0.3, 0.4) is 0 Å². The van der Waals surface area contributed by atoms with Crippen LogP contribution >= 0.6 is 23.2 Å². The van der Waals surface area contributed by atoms with Crippen LogP contribution in [0, 0.1) is 29.6 Å². The number of aromatic nitrogens is 2. The molecule has 0 bridgehead atoms. The minimum atomic E-state index is -0.686. The number of carbonyl (C=O) groups excluding carboxylic acids is 4. The third-order valence-electron chi connectivity index (χ3n) is 14.8. The van der Waals surface area contributed by atoms with Gasteiger partial charge in [0, 0.05) is 48.6 Å². The van der Waals surface area contributed by atoms with Crippen LogP contribution in [0.4, 0.5) is 4.79 Å². The van der Waals surface area contributed by atoms with E-state index in [2.05, 4.69) is 34.6 Å². The molecule has 1 aromatic heterocycles. The number of esters is 1. The van der Waals surface area contributed by atoms with Gasteiger partial charge in [-0.25, -0.2) is 14.8 Å². The van der Waals surface area contributed by atoms with Crippen LogP contribution in [0.1, 0.15) is 88.1 Å². The van der Waals surface area contributed by atoms with Gasteiger partial charge in [-0.3, -0.25) is 14.4 Å². The molecule has 3 saturated heterocycles. The number of hydrogen-bond acceptors (Lipinski definition) is 9. The zero-order valence-corrected chi connectivity index (χ0v) is 36.5. The highest BCUT2D eigenvalue weighted by molar-refractivity contribution is 6.35. The summed E-state index contributed by atoms with van der Waals surface area (Å²) < 4.78 is 15.5. The zero-order chi connectivity index (χ0) is 42.8. The highest BCUT2D eigenvalue weighted by atomic mass is 35.5. The lowest BCUT2D eigenvalue weighted by Gasteiger charge is -2.37. The lowest BCUT2D eigenvalue weighted by atomic mass is 9.73. The second-order valence-corrected chi connectivity index (χ2v) is 19.0. The molecule has 8 atom stereocenters. The van der Waals surface area contributed by atoms with Crippen LogP contribution in [-0.2, 0) is 28.6 Å². The number of benzene rings is 2. The zero-order valence-electron chi connectivity index (χ0n) is 35.0. The summed E-state index contributed by atoms with van der Waals surface area (Å²) in [5.74, 6) is 0.972. The third kappa shape index (κ3) is 7.72. The molecule has 0 spiro atoms. The summed E-state index contributed by atoms with van der Waals surface area (Å²) in [6.07, 6.45) is 8.05. The number of fused-ring (bicyclic) bond motifs is 2. The number of halogens is 2. The number of H-pyrrole nitrogens is 1. The second kappa shape index (κ2) is 16.8. The number of hydrogen-bond donors (Lipinski definition) is 2. The second-order valence-electron chi connectivity index (χ2n) is 18.3. The highest BCUT2D eigenvalue weighted by Crippen LogP contribution is 2.55. The van der Waals surface area contributed by atoms with Crippen molar-refractivity contribution in [2.24, 2.45) is 34.6 Å². The molecule has 3 aromatic rings. The molecule has 5 heterocycles. The molecule has 2 N–H and O–H groups in total. The van der Waals surface area contributed by atoms with Gasteiger partial charge >= 0.3 is 12.1 Å². The molecule has 3 saturated carbocycles. The van der Waals surface area contributed by atoms with Crippen molar-refractivity contribution in [2.75, 3.05) is 27.4 Å². The van der Waals surface area contributed by atoms with Gasteiger partial charge in [0.2, 0.25) is 11.8 Å². The molecule has 7 aliphatic rings. The highest BCUT2D eigenvalue weighted by Gasteiger charge is 2.58. The van der Waals surface area contributed by atoms with E-state index in [0.29, 0.717) is 66.1 Å². The number of alkyl carbamates (subject to hydrolysis) is 1. The van der Waals surface area contributed by atoms with Crippen LogP contribution in [0.5, 0.6) is 0 Å². The van der Waals surface area contributed by atoms with E-state index in [4.69, 9.17) is 47.4 Å². The SMILES string of the molecule is COC(=O)C[C@H](C(=O)N1[C@@H]2C[C@@H]2C[C@H]1c1nc(-c2ccc(-c3ccc(C4=C(Cl)N=C([C@@H]5C[C@H]6C[C@H]6N5C(=O)[C@@H](NC(=O)OC)C5CCOCC5)C4)cc3)cc2)c(Cl)[nH]1)C1CCC1. The summed E-state index contributed by atoms with van der Waals surface area (Å²) in [6, 6.07) is 15.6. The van der Waals surface area contributed by atoms with Gasteiger partial charge in [0.15, 0.2) is 0 Å². The first-order chi connectivity index (χ1) is 30.1. The maximum atomic E-state index is 14.3. The predicted molar refractivity (Wildman–Crippen MR) is 233 cm³/mol. The number of nitrogens with one attached hydrogen (secondary N) is 2. The van der Waals surface area contributed by atoms with E-state index >= 15 is 0 Å². The van der Waals surface area contributed by atoms with Gasteiger partial charge in [0.25, 0.3) is 0 Å². The van der Waals surface area contributed by atoms with Crippen LogP contribution in [-0.4, -0.2) is 101 Å². The van der Waals surface area contributed by atoms with E-state index in [9.17, 15) is 19.2 Å². The Morgan fingerprint density at radius 3 is 2.02 bits per heavy atom. The Morgan fingerprint density at radius 1 is 0.790 bits per heavy atom. The molecular weight excluding hydrogens is 831 g/mol. The van der Waals surface area contributed by atoms with Gasteiger partial charge in [-0.1, -0.05) is 78.2 Å². The van der Waals surface area contributed by atoms with Crippen molar-refractivity contribution < 1.29 is 33.4 Å². The monoisotopic (exact) mass is 882 g/mol. The number of piperidine rings is 2. The number of aliphatic imine (C=N–C) groups is 1. The number of methoxy groups -OCH3 is 2.